The standard InChI is InChI=1S/C16H19N3O3/c1-21-14-6-3-11(7-15(14)22-2)9-19-16(20)8-13-5-4-12(17)10-18-13/h3-7,10H,8-9,17H2,1-2H3,(H,19,20). The fraction of sp³-hybridized carbons (Fsp3) is 0.250. The number of carbonyl (C=O) groups excluding carboxylic acids is 1. The van der Waals surface area contributed by atoms with E-state index in [0.29, 0.717) is 29.4 Å². The minimum absolute atomic E-state index is 0.105. The van der Waals surface area contributed by atoms with E-state index >= 15 is 0 Å². The molecule has 0 unspecified atom stereocenters. The van der Waals surface area contributed by atoms with Crippen LogP contribution in [0.5, 0.6) is 11.5 Å². The molecule has 0 aliphatic carbocycles. The van der Waals surface area contributed by atoms with Crippen LogP contribution >= 0.6 is 0 Å². The van der Waals surface area contributed by atoms with Crippen molar-refractivity contribution >= 4 is 11.6 Å². The number of pyridine rings is 1. The van der Waals surface area contributed by atoms with Crippen LogP contribution in [0.1, 0.15) is 11.3 Å². The first-order chi connectivity index (χ1) is 10.6. The van der Waals surface area contributed by atoms with Gasteiger partial charge in [-0.05, 0) is 29.8 Å². The molecule has 6 heteroatoms. The predicted molar refractivity (Wildman–Crippen MR) is 83.7 cm³/mol. The molecule has 0 radical (unpaired) electrons. The second-order valence-corrected chi connectivity index (χ2v) is 4.73. The van der Waals surface area contributed by atoms with Gasteiger partial charge in [0, 0.05) is 12.2 Å². The molecule has 6 nitrogen and oxygen atoms in total. The lowest BCUT2D eigenvalue weighted by molar-refractivity contribution is -0.120. The second-order valence-electron chi connectivity index (χ2n) is 4.73. The van der Waals surface area contributed by atoms with Gasteiger partial charge in [-0.2, -0.15) is 0 Å². The summed E-state index contributed by atoms with van der Waals surface area (Å²) in [7, 11) is 3.16. The molecule has 0 spiro atoms. The zero-order valence-electron chi connectivity index (χ0n) is 12.6. The molecule has 0 aliphatic rings. The van der Waals surface area contributed by atoms with Gasteiger partial charge in [0.2, 0.25) is 5.91 Å². The Labute approximate surface area is 129 Å². The zero-order chi connectivity index (χ0) is 15.9. The van der Waals surface area contributed by atoms with E-state index in [2.05, 4.69) is 10.3 Å². The second kappa shape index (κ2) is 7.31. The summed E-state index contributed by atoms with van der Waals surface area (Å²) in [6.07, 6.45) is 1.75. The van der Waals surface area contributed by atoms with Crippen LogP contribution in [0.4, 0.5) is 5.69 Å². The first-order valence-electron chi connectivity index (χ1n) is 6.80. The van der Waals surface area contributed by atoms with Crippen LogP contribution in [0.2, 0.25) is 0 Å². The van der Waals surface area contributed by atoms with Gasteiger partial charge in [0.25, 0.3) is 0 Å². The number of hydrogen-bond donors (Lipinski definition) is 2. The molecule has 0 atom stereocenters. The van der Waals surface area contributed by atoms with E-state index in [4.69, 9.17) is 15.2 Å². The molecule has 1 amide bonds. The number of nitrogens with zero attached hydrogens (tertiary/aromatic N) is 1. The van der Waals surface area contributed by atoms with Crippen LogP contribution in [0.15, 0.2) is 36.5 Å². The van der Waals surface area contributed by atoms with Crippen molar-refractivity contribution in [2.24, 2.45) is 0 Å². The van der Waals surface area contributed by atoms with E-state index in [-0.39, 0.29) is 12.3 Å². The Morgan fingerprint density at radius 3 is 2.59 bits per heavy atom. The number of nitrogen functional groups attached to an aromatic ring is 1. The number of nitrogens with two attached hydrogens (primary N) is 1. The lowest BCUT2D eigenvalue weighted by Gasteiger charge is -2.10. The molecule has 0 saturated carbocycles. The number of anilines is 1. The lowest BCUT2D eigenvalue weighted by atomic mass is 10.2. The average molecular weight is 301 g/mol. The molecule has 0 saturated heterocycles. The maximum atomic E-state index is 11.9. The van der Waals surface area contributed by atoms with Gasteiger partial charge in [0.1, 0.15) is 0 Å². The monoisotopic (exact) mass is 301 g/mol. The van der Waals surface area contributed by atoms with Crippen LogP contribution in [0.3, 0.4) is 0 Å². The number of amides is 1. The number of benzene rings is 1. The molecule has 1 aromatic carbocycles. The van der Waals surface area contributed by atoms with E-state index < -0.39 is 0 Å². The summed E-state index contributed by atoms with van der Waals surface area (Å²) in [5.41, 5.74) is 7.74. The summed E-state index contributed by atoms with van der Waals surface area (Å²) in [6, 6.07) is 8.99. The molecule has 3 N–H and O–H groups in total. The van der Waals surface area contributed by atoms with Crippen molar-refractivity contribution in [3.8, 4) is 11.5 Å². The van der Waals surface area contributed by atoms with Crippen LogP contribution in [0.25, 0.3) is 0 Å². The van der Waals surface area contributed by atoms with Gasteiger partial charge in [-0.1, -0.05) is 6.07 Å². The first kappa shape index (κ1) is 15.6. The molecule has 0 fully saturated rings. The smallest absolute Gasteiger partial charge is 0.226 e. The largest absolute Gasteiger partial charge is 0.493 e. The Morgan fingerprint density at radius 2 is 1.95 bits per heavy atom. The predicted octanol–water partition coefficient (Wildman–Crippen LogP) is 1.54. The van der Waals surface area contributed by atoms with E-state index in [1.165, 1.54) is 6.20 Å². The third-order valence-electron chi connectivity index (χ3n) is 3.13. The fourth-order valence-corrected chi connectivity index (χ4v) is 1.96. The van der Waals surface area contributed by atoms with Gasteiger partial charge in [-0.25, -0.2) is 0 Å². The van der Waals surface area contributed by atoms with E-state index in [1.54, 1.807) is 26.4 Å². The number of aromatic nitrogens is 1. The number of carbonyl (C=O) groups is 1. The van der Waals surface area contributed by atoms with Crippen LogP contribution in [0, 0.1) is 0 Å². The van der Waals surface area contributed by atoms with Crippen LogP contribution in [-0.2, 0) is 17.8 Å². The van der Waals surface area contributed by atoms with Crippen LogP contribution < -0.4 is 20.5 Å². The fourth-order valence-electron chi connectivity index (χ4n) is 1.96. The van der Waals surface area contributed by atoms with Gasteiger partial charge >= 0.3 is 0 Å². The molecule has 0 bridgehead atoms. The van der Waals surface area contributed by atoms with E-state index in [1.807, 2.05) is 18.2 Å². The van der Waals surface area contributed by atoms with Crippen molar-refractivity contribution in [1.29, 1.82) is 0 Å². The summed E-state index contributed by atoms with van der Waals surface area (Å²) in [5.74, 6) is 1.19. The Hall–Kier alpha value is -2.76. The van der Waals surface area contributed by atoms with Gasteiger partial charge in [0.15, 0.2) is 11.5 Å². The van der Waals surface area contributed by atoms with Crippen molar-refractivity contribution in [2.75, 3.05) is 20.0 Å². The molecule has 2 rings (SSSR count). The minimum Gasteiger partial charge on any atom is -0.493 e. The molecule has 116 valence electrons. The van der Waals surface area contributed by atoms with Crippen molar-refractivity contribution in [3.63, 3.8) is 0 Å². The van der Waals surface area contributed by atoms with Gasteiger partial charge in [-0.3, -0.25) is 9.78 Å². The SMILES string of the molecule is COc1ccc(CNC(=O)Cc2ccc(N)cn2)cc1OC. The highest BCUT2D eigenvalue weighted by Crippen LogP contribution is 2.27. The van der Waals surface area contributed by atoms with E-state index in [0.717, 1.165) is 5.56 Å². The number of rotatable bonds is 6. The number of hydrogen-bond acceptors (Lipinski definition) is 5. The molecule has 2 aromatic rings. The molecule has 22 heavy (non-hydrogen) atoms. The molecule has 0 aliphatic heterocycles. The summed E-state index contributed by atoms with van der Waals surface area (Å²) < 4.78 is 10.4. The van der Waals surface area contributed by atoms with Crippen molar-refractivity contribution in [1.82, 2.24) is 10.3 Å². The number of nitrogens with one attached hydrogen (secondary N) is 1. The molecule has 1 aromatic heterocycles. The Morgan fingerprint density at radius 1 is 1.18 bits per heavy atom. The Balaban J connectivity index is 1.92. The number of ether oxygens (including phenoxy) is 2. The summed E-state index contributed by atoms with van der Waals surface area (Å²) in [5, 5.41) is 2.84. The normalized spacial score (nSPS) is 10.1. The van der Waals surface area contributed by atoms with Crippen molar-refractivity contribution < 1.29 is 14.3 Å². The Kier molecular flexibility index (Phi) is 5.19. The van der Waals surface area contributed by atoms with Crippen molar-refractivity contribution in [2.45, 2.75) is 13.0 Å². The first-order valence-corrected chi connectivity index (χ1v) is 6.80. The van der Waals surface area contributed by atoms with E-state index in [9.17, 15) is 4.79 Å². The Bertz CT molecular complexity index is 642. The number of methoxy groups -OCH3 is 2. The summed E-state index contributed by atoms with van der Waals surface area (Å²) in [4.78, 5) is 16.0. The van der Waals surface area contributed by atoms with Gasteiger partial charge in [-0.15, -0.1) is 0 Å². The maximum absolute atomic E-state index is 11.9. The zero-order valence-corrected chi connectivity index (χ0v) is 12.6. The van der Waals surface area contributed by atoms with Crippen LogP contribution in [-0.4, -0.2) is 25.1 Å². The maximum Gasteiger partial charge on any atom is 0.226 e. The quantitative estimate of drug-likeness (QED) is 0.845. The average Bonchev–Trinajstić information content (AvgIpc) is 2.54. The third kappa shape index (κ3) is 4.12. The lowest BCUT2D eigenvalue weighted by Crippen LogP contribution is -2.24. The van der Waals surface area contributed by atoms with Crippen molar-refractivity contribution in [3.05, 3.63) is 47.8 Å². The topological polar surface area (TPSA) is 86.5 Å². The molecular weight excluding hydrogens is 282 g/mol. The minimum atomic E-state index is -0.105. The molecule has 1 heterocycles. The highest BCUT2D eigenvalue weighted by molar-refractivity contribution is 5.78. The molecular formula is C16H19N3O3. The summed E-state index contributed by atoms with van der Waals surface area (Å²) in [6.45, 7) is 0.411. The van der Waals surface area contributed by atoms with Gasteiger partial charge < -0.3 is 20.5 Å². The summed E-state index contributed by atoms with van der Waals surface area (Å²) >= 11 is 0. The highest BCUT2D eigenvalue weighted by Gasteiger charge is 2.07. The van der Waals surface area contributed by atoms with Gasteiger partial charge in [0.05, 0.1) is 32.5 Å². The third-order valence-corrected chi connectivity index (χ3v) is 3.13. The highest BCUT2D eigenvalue weighted by atomic mass is 16.5.